The van der Waals surface area contributed by atoms with Crippen LogP contribution in [0.5, 0.6) is 0 Å². The molecular formula is C23H22N6OS. The van der Waals surface area contributed by atoms with Gasteiger partial charge in [-0.15, -0.1) is 5.10 Å². The van der Waals surface area contributed by atoms with Crippen molar-refractivity contribution in [3.05, 3.63) is 59.9 Å². The Bertz CT molecular complexity index is 1290. The zero-order chi connectivity index (χ0) is 22.0. The summed E-state index contributed by atoms with van der Waals surface area (Å²) in [5.41, 5.74) is 3.43. The summed E-state index contributed by atoms with van der Waals surface area (Å²) in [6.07, 6.45) is 0.262. The molecule has 0 bridgehead atoms. The van der Waals surface area contributed by atoms with Crippen LogP contribution in [0, 0.1) is 25.2 Å². The standard InChI is InChI=1S/C23H22N6OS/c1-15-9-11-18(12-10-15)28(14-6-13-24)22(30)16(2)31-23-26-20-8-5-4-7-19(20)21-25-17(3)27-29(21)23/h4-5,7-12,16H,6,14H2,1-3H3. The Balaban J connectivity index is 1.67. The van der Waals surface area contributed by atoms with E-state index in [9.17, 15) is 4.79 Å². The van der Waals surface area contributed by atoms with Crippen LogP contribution in [0.1, 0.15) is 24.7 Å². The number of carbonyl (C=O) groups excluding carboxylic acids is 1. The maximum atomic E-state index is 13.4. The fraction of sp³-hybridized carbons (Fsp3) is 0.261. The highest BCUT2D eigenvalue weighted by Crippen LogP contribution is 2.28. The summed E-state index contributed by atoms with van der Waals surface area (Å²) in [7, 11) is 0. The van der Waals surface area contributed by atoms with E-state index in [1.54, 1.807) is 9.42 Å². The average molecular weight is 431 g/mol. The van der Waals surface area contributed by atoms with Gasteiger partial charge < -0.3 is 4.90 Å². The lowest BCUT2D eigenvalue weighted by Gasteiger charge is -2.25. The Hall–Kier alpha value is -3.44. The number of nitriles is 1. The van der Waals surface area contributed by atoms with Gasteiger partial charge in [0.1, 0.15) is 5.82 Å². The number of fused-ring (bicyclic) bond motifs is 3. The second-order valence-electron chi connectivity index (χ2n) is 7.30. The van der Waals surface area contributed by atoms with Crippen molar-refractivity contribution in [3.63, 3.8) is 0 Å². The Morgan fingerprint density at radius 1 is 1.16 bits per heavy atom. The summed E-state index contributed by atoms with van der Waals surface area (Å²) >= 11 is 1.34. The van der Waals surface area contributed by atoms with Crippen LogP contribution in [0.15, 0.2) is 53.7 Å². The van der Waals surface area contributed by atoms with Gasteiger partial charge in [0.2, 0.25) is 5.91 Å². The molecule has 1 atom stereocenters. The van der Waals surface area contributed by atoms with Crippen LogP contribution in [-0.4, -0.2) is 37.3 Å². The van der Waals surface area contributed by atoms with Crippen molar-refractivity contribution < 1.29 is 4.79 Å². The van der Waals surface area contributed by atoms with Crippen molar-refractivity contribution in [1.29, 1.82) is 5.26 Å². The molecule has 1 amide bonds. The zero-order valence-corrected chi connectivity index (χ0v) is 18.4. The number of anilines is 1. The molecule has 0 spiro atoms. The van der Waals surface area contributed by atoms with E-state index in [2.05, 4.69) is 16.2 Å². The molecule has 4 rings (SSSR count). The number of hydrogen-bond acceptors (Lipinski definition) is 6. The van der Waals surface area contributed by atoms with Crippen LogP contribution < -0.4 is 4.90 Å². The van der Waals surface area contributed by atoms with Gasteiger partial charge in [-0.3, -0.25) is 4.79 Å². The van der Waals surface area contributed by atoms with E-state index in [0.717, 1.165) is 27.8 Å². The topological polar surface area (TPSA) is 87.2 Å². The van der Waals surface area contributed by atoms with Crippen molar-refractivity contribution >= 4 is 39.9 Å². The molecular weight excluding hydrogens is 408 g/mol. The predicted octanol–water partition coefficient (Wildman–Crippen LogP) is 4.32. The Morgan fingerprint density at radius 2 is 1.90 bits per heavy atom. The number of thioether (sulfide) groups is 1. The molecule has 2 heterocycles. The first-order chi connectivity index (χ1) is 15.0. The van der Waals surface area contributed by atoms with Crippen LogP contribution in [-0.2, 0) is 4.79 Å². The summed E-state index contributed by atoms with van der Waals surface area (Å²) in [4.78, 5) is 24.3. The average Bonchev–Trinajstić information content (AvgIpc) is 3.17. The summed E-state index contributed by atoms with van der Waals surface area (Å²) in [5, 5.41) is 14.7. The quantitative estimate of drug-likeness (QED) is 0.334. The number of carbonyl (C=O) groups is 1. The van der Waals surface area contributed by atoms with E-state index in [0.29, 0.717) is 17.5 Å². The number of para-hydroxylation sites is 1. The molecule has 156 valence electrons. The lowest BCUT2D eigenvalue weighted by molar-refractivity contribution is -0.117. The summed E-state index contributed by atoms with van der Waals surface area (Å²) in [6.45, 7) is 6.03. The molecule has 31 heavy (non-hydrogen) atoms. The monoisotopic (exact) mass is 430 g/mol. The highest BCUT2D eigenvalue weighted by atomic mass is 32.2. The van der Waals surface area contributed by atoms with Gasteiger partial charge in [-0.05, 0) is 45.0 Å². The number of benzene rings is 2. The van der Waals surface area contributed by atoms with Gasteiger partial charge in [0.15, 0.2) is 10.8 Å². The maximum Gasteiger partial charge on any atom is 0.240 e. The Kier molecular flexibility index (Phi) is 5.87. The van der Waals surface area contributed by atoms with Crippen molar-refractivity contribution in [2.24, 2.45) is 0 Å². The second kappa shape index (κ2) is 8.74. The minimum absolute atomic E-state index is 0.0796. The third-order valence-corrected chi connectivity index (χ3v) is 5.97. The first-order valence-corrected chi connectivity index (χ1v) is 10.9. The minimum Gasteiger partial charge on any atom is -0.310 e. The van der Waals surface area contributed by atoms with Gasteiger partial charge in [-0.2, -0.15) is 9.78 Å². The van der Waals surface area contributed by atoms with Gasteiger partial charge in [0.25, 0.3) is 0 Å². The lowest BCUT2D eigenvalue weighted by Crippen LogP contribution is -2.37. The van der Waals surface area contributed by atoms with Crippen LogP contribution in [0.25, 0.3) is 16.6 Å². The van der Waals surface area contributed by atoms with E-state index in [-0.39, 0.29) is 12.3 Å². The van der Waals surface area contributed by atoms with Crippen LogP contribution in [0.2, 0.25) is 0 Å². The Morgan fingerprint density at radius 3 is 2.65 bits per heavy atom. The van der Waals surface area contributed by atoms with Gasteiger partial charge in [0, 0.05) is 17.6 Å². The molecule has 1 unspecified atom stereocenters. The number of nitrogens with zero attached hydrogens (tertiary/aromatic N) is 6. The number of aromatic nitrogens is 4. The van der Waals surface area contributed by atoms with E-state index in [1.165, 1.54) is 11.8 Å². The van der Waals surface area contributed by atoms with E-state index < -0.39 is 5.25 Å². The van der Waals surface area contributed by atoms with E-state index >= 15 is 0 Å². The molecule has 0 aliphatic rings. The molecule has 0 saturated heterocycles. The normalized spacial score (nSPS) is 12.1. The van der Waals surface area contributed by atoms with Gasteiger partial charge in [-0.25, -0.2) is 9.97 Å². The van der Waals surface area contributed by atoms with E-state index in [1.807, 2.05) is 69.3 Å². The fourth-order valence-corrected chi connectivity index (χ4v) is 4.31. The number of amides is 1. The van der Waals surface area contributed by atoms with Crippen molar-refractivity contribution in [1.82, 2.24) is 19.6 Å². The van der Waals surface area contributed by atoms with Crippen LogP contribution in [0.4, 0.5) is 5.69 Å². The molecule has 2 aromatic heterocycles. The maximum absolute atomic E-state index is 13.4. The van der Waals surface area contributed by atoms with Crippen LogP contribution >= 0.6 is 11.8 Å². The van der Waals surface area contributed by atoms with Crippen molar-refractivity contribution in [3.8, 4) is 6.07 Å². The van der Waals surface area contributed by atoms with Crippen molar-refractivity contribution in [2.75, 3.05) is 11.4 Å². The highest BCUT2D eigenvalue weighted by Gasteiger charge is 2.25. The molecule has 0 radical (unpaired) electrons. The molecule has 0 fully saturated rings. The minimum atomic E-state index is -0.429. The SMILES string of the molecule is Cc1ccc(N(CCC#N)C(=O)C(C)Sc2nc3ccccc3c3nc(C)nn23)cc1. The molecule has 2 aromatic carbocycles. The molecule has 4 aromatic rings. The van der Waals surface area contributed by atoms with Gasteiger partial charge in [0.05, 0.1) is 23.3 Å². The molecule has 0 aliphatic carbocycles. The fourth-order valence-electron chi connectivity index (χ4n) is 3.39. The summed E-state index contributed by atoms with van der Waals surface area (Å²) in [6, 6.07) is 17.7. The van der Waals surface area contributed by atoms with Crippen molar-refractivity contribution in [2.45, 2.75) is 37.6 Å². The molecule has 0 saturated carbocycles. The number of aryl methyl sites for hydroxylation is 2. The van der Waals surface area contributed by atoms with Gasteiger partial charge >= 0.3 is 0 Å². The third-order valence-electron chi connectivity index (χ3n) is 4.94. The molecule has 7 nitrogen and oxygen atoms in total. The largest absolute Gasteiger partial charge is 0.310 e. The summed E-state index contributed by atoms with van der Waals surface area (Å²) in [5.74, 6) is 0.568. The molecule has 8 heteroatoms. The summed E-state index contributed by atoms with van der Waals surface area (Å²) < 4.78 is 1.71. The zero-order valence-electron chi connectivity index (χ0n) is 17.6. The highest BCUT2D eigenvalue weighted by molar-refractivity contribution is 8.00. The Labute approximate surface area is 184 Å². The van der Waals surface area contributed by atoms with Gasteiger partial charge in [-0.1, -0.05) is 41.6 Å². The first kappa shape index (κ1) is 20.8. The molecule has 0 aliphatic heterocycles. The number of hydrogen-bond donors (Lipinski definition) is 0. The molecule has 0 N–H and O–H groups in total. The third kappa shape index (κ3) is 4.23. The lowest BCUT2D eigenvalue weighted by atomic mass is 10.2. The van der Waals surface area contributed by atoms with E-state index in [4.69, 9.17) is 10.2 Å². The van der Waals surface area contributed by atoms with Crippen LogP contribution in [0.3, 0.4) is 0 Å². The second-order valence-corrected chi connectivity index (χ2v) is 8.61. The number of rotatable bonds is 6. The smallest absolute Gasteiger partial charge is 0.240 e. The predicted molar refractivity (Wildman–Crippen MR) is 122 cm³/mol. The first-order valence-electron chi connectivity index (χ1n) is 10.0.